The number of hydrogen-bond acceptors (Lipinski definition) is 1. The number of carbonyl (C=O) groups is 1. The largest absolute Gasteiger partial charge is 1.00 e. The summed E-state index contributed by atoms with van der Waals surface area (Å²) in [4.78, 5) is 12.9. The van der Waals surface area contributed by atoms with E-state index in [1.165, 1.54) is 38.5 Å². The summed E-state index contributed by atoms with van der Waals surface area (Å²) in [5.41, 5.74) is 0. The minimum Gasteiger partial charge on any atom is -1.00 e. The van der Waals surface area contributed by atoms with Crippen LogP contribution in [-0.4, -0.2) is 30.0 Å². The first kappa shape index (κ1) is 20.9. The Bertz CT molecular complexity index is 273. The van der Waals surface area contributed by atoms with E-state index >= 15 is 0 Å². The Balaban J connectivity index is 0.00000400. The van der Waals surface area contributed by atoms with Crippen molar-refractivity contribution in [3.8, 4) is 0 Å². The molecule has 21 heavy (non-hydrogen) atoms. The first-order valence-electron chi connectivity index (χ1n) is 9.03. The lowest BCUT2D eigenvalue weighted by atomic mass is 9.79. The Hall–Kier alpha value is -0.0800. The fourth-order valence-electron chi connectivity index (χ4n) is 3.91. The molecular weight excluding hydrogens is 282 g/mol. The number of halogens is 1. The summed E-state index contributed by atoms with van der Waals surface area (Å²) in [6.07, 6.45) is 10.3. The van der Waals surface area contributed by atoms with Crippen molar-refractivity contribution in [3.63, 3.8) is 0 Å². The van der Waals surface area contributed by atoms with Gasteiger partial charge in [0.15, 0.2) is 0 Å². The SMILES string of the molecule is CCCCCC1CCC(C(=O)[N+](CC)(CC)CC)CC1.[Cl-]. The molecule has 1 saturated carbocycles. The highest BCUT2D eigenvalue weighted by Crippen LogP contribution is 2.34. The van der Waals surface area contributed by atoms with E-state index in [1.54, 1.807) is 0 Å². The predicted molar refractivity (Wildman–Crippen MR) is 86.5 cm³/mol. The first-order chi connectivity index (χ1) is 9.63. The highest BCUT2D eigenvalue weighted by atomic mass is 35.5. The molecule has 0 aliphatic heterocycles. The molecule has 2 nitrogen and oxygen atoms in total. The van der Waals surface area contributed by atoms with Gasteiger partial charge in [0.05, 0.1) is 25.6 Å². The van der Waals surface area contributed by atoms with Gasteiger partial charge in [-0.1, -0.05) is 32.6 Å². The van der Waals surface area contributed by atoms with E-state index in [-0.39, 0.29) is 12.4 Å². The molecule has 0 N–H and O–H groups in total. The lowest BCUT2D eigenvalue weighted by molar-refractivity contribution is -0.851. The maximum atomic E-state index is 12.9. The van der Waals surface area contributed by atoms with Crippen LogP contribution in [0.3, 0.4) is 0 Å². The predicted octanol–water partition coefficient (Wildman–Crippen LogP) is 1.78. The van der Waals surface area contributed by atoms with Crippen LogP contribution in [0.5, 0.6) is 0 Å². The second-order valence-corrected chi connectivity index (χ2v) is 6.65. The lowest BCUT2D eigenvalue weighted by Gasteiger charge is -2.37. The van der Waals surface area contributed by atoms with Gasteiger partial charge in [-0.2, -0.15) is 0 Å². The molecule has 0 bridgehead atoms. The Morgan fingerprint density at radius 2 is 1.43 bits per heavy atom. The van der Waals surface area contributed by atoms with Crippen molar-refractivity contribution >= 4 is 5.91 Å². The fourth-order valence-corrected chi connectivity index (χ4v) is 3.91. The fraction of sp³-hybridized carbons (Fsp3) is 0.944. The molecule has 0 unspecified atom stereocenters. The van der Waals surface area contributed by atoms with Crippen molar-refractivity contribution in [1.29, 1.82) is 0 Å². The number of hydrogen-bond donors (Lipinski definition) is 0. The molecule has 0 heterocycles. The van der Waals surface area contributed by atoms with Crippen molar-refractivity contribution in [3.05, 3.63) is 0 Å². The lowest BCUT2D eigenvalue weighted by Crippen LogP contribution is -3.00. The quantitative estimate of drug-likeness (QED) is 0.493. The summed E-state index contributed by atoms with van der Waals surface area (Å²) >= 11 is 0. The van der Waals surface area contributed by atoms with Gasteiger partial charge < -0.3 is 12.4 Å². The molecule has 1 fully saturated rings. The minimum absolute atomic E-state index is 0. The van der Waals surface area contributed by atoms with Crippen molar-refractivity contribution in [2.75, 3.05) is 19.6 Å². The third-order valence-electron chi connectivity index (χ3n) is 5.70. The summed E-state index contributed by atoms with van der Waals surface area (Å²) in [5, 5.41) is 0. The van der Waals surface area contributed by atoms with Gasteiger partial charge in [0.1, 0.15) is 0 Å². The van der Waals surface area contributed by atoms with E-state index in [2.05, 4.69) is 27.7 Å². The molecule has 0 aromatic rings. The number of rotatable bonds is 8. The van der Waals surface area contributed by atoms with Crippen LogP contribution in [0.2, 0.25) is 0 Å². The van der Waals surface area contributed by atoms with E-state index in [0.29, 0.717) is 16.3 Å². The van der Waals surface area contributed by atoms with Gasteiger partial charge >= 0.3 is 5.91 Å². The van der Waals surface area contributed by atoms with Gasteiger partial charge in [0.25, 0.3) is 0 Å². The van der Waals surface area contributed by atoms with E-state index in [4.69, 9.17) is 0 Å². The Morgan fingerprint density at radius 1 is 0.905 bits per heavy atom. The van der Waals surface area contributed by atoms with Crippen LogP contribution in [0.1, 0.15) is 79.1 Å². The average Bonchev–Trinajstić information content (AvgIpc) is 2.50. The standard InChI is InChI=1S/C18H36NO.ClH/c1-5-9-10-11-16-12-14-17(15-13-16)18(20)19(6-2,7-3)8-4;/h16-17H,5-15H2,1-4H3;1H/q+1;/p-1. The summed E-state index contributed by atoms with van der Waals surface area (Å²) in [6.45, 7) is 11.7. The maximum Gasteiger partial charge on any atom is 0.316 e. The van der Waals surface area contributed by atoms with Gasteiger partial charge in [0.2, 0.25) is 0 Å². The number of nitrogens with zero attached hydrogens (tertiary/aromatic N) is 1. The number of unbranched alkanes of at least 4 members (excludes halogenated alkanes) is 2. The van der Waals surface area contributed by atoms with Crippen molar-refractivity contribution < 1.29 is 21.7 Å². The molecule has 0 spiro atoms. The topological polar surface area (TPSA) is 17.1 Å². The Morgan fingerprint density at radius 3 is 1.86 bits per heavy atom. The van der Waals surface area contributed by atoms with Gasteiger partial charge in [-0.15, -0.1) is 0 Å². The van der Waals surface area contributed by atoms with Crippen LogP contribution in [0.4, 0.5) is 0 Å². The molecule has 0 aromatic heterocycles. The third-order valence-corrected chi connectivity index (χ3v) is 5.70. The van der Waals surface area contributed by atoms with Gasteiger partial charge in [0, 0.05) is 0 Å². The van der Waals surface area contributed by atoms with E-state index in [1.807, 2.05) is 0 Å². The molecule has 1 aliphatic rings. The van der Waals surface area contributed by atoms with E-state index < -0.39 is 0 Å². The minimum atomic E-state index is 0. The molecule has 3 heteroatoms. The summed E-state index contributed by atoms with van der Waals surface area (Å²) in [6, 6.07) is 0. The van der Waals surface area contributed by atoms with Crippen molar-refractivity contribution in [2.24, 2.45) is 11.8 Å². The number of carbonyl (C=O) groups excluding carboxylic acids is 1. The van der Waals surface area contributed by atoms with Crippen LogP contribution in [0, 0.1) is 11.8 Å². The summed E-state index contributed by atoms with van der Waals surface area (Å²) < 4.78 is 0.700. The zero-order chi connectivity index (χ0) is 15.0. The Kier molecular flexibility index (Phi) is 10.6. The number of quaternary nitrogens is 1. The normalized spacial score (nSPS) is 22.7. The van der Waals surface area contributed by atoms with Gasteiger partial charge in [-0.05, 0) is 52.4 Å². The smallest absolute Gasteiger partial charge is 0.316 e. The number of amides is 1. The molecule has 1 amide bonds. The molecule has 1 rings (SSSR count). The highest BCUT2D eigenvalue weighted by molar-refractivity contribution is 5.72. The second kappa shape index (κ2) is 10.6. The molecule has 0 saturated heterocycles. The summed E-state index contributed by atoms with van der Waals surface area (Å²) in [7, 11) is 0. The molecule has 0 atom stereocenters. The molecule has 126 valence electrons. The van der Waals surface area contributed by atoms with Crippen molar-refractivity contribution in [2.45, 2.75) is 79.1 Å². The molecule has 0 aromatic carbocycles. The zero-order valence-corrected chi connectivity index (χ0v) is 15.4. The molecule has 0 radical (unpaired) electrons. The van der Waals surface area contributed by atoms with E-state index in [0.717, 1.165) is 38.4 Å². The summed E-state index contributed by atoms with van der Waals surface area (Å²) in [5.74, 6) is 1.78. The van der Waals surface area contributed by atoms with Gasteiger partial charge in [-0.25, -0.2) is 4.79 Å². The van der Waals surface area contributed by atoms with Gasteiger partial charge in [-0.3, -0.25) is 4.48 Å². The monoisotopic (exact) mass is 317 g/mol. The zero-order valence-electron chi connectivity index (χ0n) is 14.7. The maximum absolute atomic E-state index is 12.9. The first-order valence-corrected chi connectivity index (χ1v) is 9.03. The van der Waals surface area contributed by atoms with E-state index in [9.17, 15) is 4.79 Å². The third kappa shape index (κ3) is 5.56. The molecule has 1 aliphatic carbocycles. The van der Waals surface area contributed by atoms with Crippen LogP contribution >= 0.6 is 0 Å². The Labute approximate surface area is 138 Å². The van der Waals surface area contributed by atoms with Crippen LogP contribution in [0.15, 0.2) is 0 Å². The highest BCUT2D eigenvalue weighted by Gasteiger charge is 2.38. The van der Waals surface area contributed by atoms with Crippen LogP contribution in [-0.2, 0) is 4.79 Å². The average molecular weight is 318 g/mol. The van der Waals surface area contributed by atoms with Crippen LogP contribution in [0.25, 0.3) is 0 Å². The molecular formula is C18H36ClNO. The van der Waals surface area contributed by atoms with Crippen molar-refractivity contribution in [1.82, 2.24) is 0 Å². The second-order valence-electron chi connectivity index (χ2n) is 6.65. The van der Waals surface area contributed by atoms with Crippen LogP contribution < -0.4 is 12.4 Å².